The van der Waals surface area contributed by atoms with E-state index in [1.807, 2.05) is 42.5 Å². The van der Waals surface area contributed by atoms with Crippen LogP contribution in [0, 0.1) is 0 Å². The maximum absolute atomic E-state index is 12.3. The zero-order chi connectivity index (χ0) is 17.9. The summed E-state index contributed by atoms with van der Waals surface area (Å²) in [6, 6.07) is 17.6. The second-order valence-corrected chi connectivity index (χ2v) is 6.62. The molecule has 0 atom stereocenters. The molecule has 1 aliphatic rings. The molecule has 0 saturated heterocycles. The molecule has 3 aromatic carbocycles. The van der Waals surface area contributed by atoms with Crippen LogP contribution in [0.1, 0.15) is 16.7 Å². The number of fused-ring (bicyclic) bond motifs is 2. The molecule has 0 amide bonds. The van der Waals surface area contributed by atoms with Crippen molar-refractivity contribution in [2.24, 2.45) is 0 Å². The van der Waals surface area contributed by atoms with Crippen LogP contribution in [0.5, 0.6) is 5.75 Å². The molecule has 0 radical (unpaired) electrons. The SMILES string of the molecule is O=C(Cc1ccc2ccccc2c1)OCc1cc(Cl)cc2c1OCOC2. The molecule has 0 aromatic heterocycles. The van der Waals surface area contributed by atoms with Crippen molar-refractivity contribution in [1.82, 2.24) is 0 Å². The van der Waals surface area contributed by atoms with E-state index in [1.165, 1.54) is 0 Å². The quantitative estimate of drug-likeness (QED) is 0.629. The first-order valence-corrected chi connectivity index (χ1v) is 8.72. The van der Waals surface area contributed by atoms with Gasteiger partial charge in [-0.05, 0) is 28.5 Å². The van der Waals surface area contributed by atoms with E-state index in [0.717, 1.165) is 27.5 Å². The van der Waals surface area contributed by atoms with Crippen molar-refractivity contribution in [2.75, 3.05) is 6.79 Å². The zero-order valence-electron chi connectivity index (χ0n) is 14.0. The van der Waals surface area contributed by atoms with Gasteiger partial charge in [0.25, 0.3) is 0 Å². The van der Waals surface area contributed by atoms with E-state index in [9.17, 15) is 4.79 Å². The molecule has 0 unspecified atom stereocenters. The highest BCUT2D eigenvalue weighted by Crippen LogP contribution is 2.32. The van der Waals surface area contributed by atoms with E-state index < -0.39 is 0 Å². The Morgan fingerprint density at radius 3 is 2.81 bits per heavy atom. The third kappa shape index (κ3) is 3.66. The summed E-state index contributed by atoms with van der Waals surface area (Å²) in [5.41, 5.74) is 2.54. The number of benzene rings is 3. The van der Waals surface area contributed by atoms with E-state index in [-0.39, 0.29) is 25.8 Å². The molecule has 3 aromatic rings. The lowest BCUT2D eigenvalue weighted by Crippen LogP contribution is -2.15. The van der Waals surface area contributed by atoms with Crippen LogP contribution in [0.15, 0.2) is 54.6 Å². The number of hydrogen-bond acceptors (Lipinski definition) is 4. The molecule has 4 rings (SSSR count). The Morgan fingerprint density at radius 1 is 1.08 bits per heavy atom. The van der Waals surface area contributed by atoms with Crippen molar-refractivity contribution in [3.05, 3.63) is 76.3 Å². The average Bonchev–Trinajstić information content (AvgIpc) is 2.66. The highest BCUT2D eigenvalue weighted by molar-refractivity contribution is 6.30. The summed E-state index contributed by atoms with van der Waals surface area (Å²) in [5.74, 6) is 0.403. The maximum atomic E-state index is 12.3. The second-order valence-electron chi connectivity index (χ2n) is 6.18. The number of hydrogen-bond donors (Lipinski definition) is 0. The molecular weight excluding hydrogens is 352 g/mol. The van der Waals surface area contributed by atoms with Gasteiger partial charge in [-0.15, -0.1) is 0 Å². The minimum atomic E-state index is -0.291. The van der Waals surface area contributed by atoms with E-state index in [1.54, 1.807) is 12.1 Å². The highest BCUT2D eigenvalue weighted by atomic mass is 35.5. The molecular formula is C21H17ClO4. The minimum absolute atomic E-state index is 0.120. The second kappa shape index (κ2) is 7.36. The Bertz CT molecular complexity index is 967. The van der Waals surface area contributed by atoms with Gasteiger partial charge in [0.05, 0.1) is 13.0 Å². The average molecular weight is 369 g/mol. The van der Waals surface area contributed by atoms with Crippen LogP contribution < -0.4 is 4.74 Å². The van der Waals surface area contributed by atoms with Crippen LogP contribution in [0.4, 0.5) is 0 Å². The van der Waals surface area contributed by atoms with E-state index in [4.69, 9.17) is 25.8 Å². The van der Waals surface area contributed by atoms with E-state index in [0.29, 0.717) is 17.4 Å². The van der Waals surface area contributed by atoms with Crippen LogP contribution in [-0.2, 0) is 33.9 Å². The number of esters is 1. The minimum Gasteiger partial charge on any atom is -0.467 e. The summed E-state index contributed by atoms with van der Waals surface area (Å²) in [6.07, 6.45) is 0.220. The molecule has 0 fully saturated rings. The molecule has 0 saturated carbocycles. The van der Waals surface area contributed by atoms with Crippen molar-refractivity contribution in [3.63, 3.8) is 0 Å². The first-order valence-electron chi connectivity index (χ1n) is 8.34. The summed E-state index contributed by atoms with van der Waals surface area (Å²) < 4.78 is 16.2. The van der Waals surface area contributed by atoms with Crippen LogP contribution in [0.3, 0.4) is 0 Å². The zero-order valence-corrected chi connectivity index (χ0v) is 14.8. The first-order chi connectivity index (χ1) is 12.7. The Hall–Kier alpha value is -2.56. The molecule has 0 N–H and O–H groups in total. The van der Waals surface area contributed by atoms with Gasteiger partial charge in [0, 0.05) is 16.1 Å². The summed E-state index contributed by atoms with van der Waals surface area (Å²) in [5, 5.41) is 2.82. The van der Waals surface area contributed by atoms with Crippen molar-refractivity contribution >= 4 is 28.3 Å². The van der Waals surface area contributed by atoms with Gasteiger partial charge < -0.3 is 14.2 Å². The van der Waals surface area contributed by atoms with Crippen molar-refractivity contribution in [3.8, 4) is 5.75 Å². The van der Waals surface area contributed by atoms with Crippen LogP contribution in [0.25, 0.3) is 10.8 Å². The normalized spacial score (nSPS) is 13.1. The Kier molecular flexibility index (Phi) is 4.78. The molecule has 0 bridgehead atoms. The third-order valence-electron chi connectivity index (χ3n) is 4.30. The van der Waals surface area contributed by atoms with E-state index >= 15 is 0 Å². The standard InChI is InChI=1S/C21H17ClO4/c22-19-9-17-11-24-13-26-21(17)18(10-19)12-25-20(23)8-14-5-6-15-3-1-2-4-16(15)7-14/h1-7,9-10H,8,11-13H2. The summed E-state index contributed by atoms with van der Waals surface area (Å²) in [6.45, 7) is 0.746. The number of halogens is 1. The van der Waals surface area contributed by atoms with Gasteiger partial charge in [0.1, 0.15) is 12.4 Å². The molecule has 5 heteroatoms. The molecule has 1 aliphatic heterocycles. The van der Waals surface area contributed by atoms with Gasteiger partial charge in [0.15, 0.2) is 6.79 Å². The van der Waals surface area contributed by atoms with Crippen LogP contribution in [0.2, 0.25) is 5.02 Å². The molecule has 0 aliphatic carbocycles. The maximum Gasteiger partial charge on any atom is 0.310 e. The molecule has 132 valence electrons. The molecule has 0 spiro atoms. The molecule has 4 nitrogen and oxygen atoms in total. The Labute approximate surface area is 156 Å². The fraction of sp³-hybridized carbons (Fsp3) is 0.190. The highest BCUT2D eigenvalue weighted by Gasteiger charge is 2.17. The van der Waals surface area contributed by atoms with Gasteiger partial charge in [-0.25, -0.2) is 0 Å². The molecule has 1 heterocycles. The summed E-state index contributed by atoms with van der Waals surface area (Å²) in [7, 11) is 0. The summed E-state index contributed by atoms with van der Waals surface area (Å²) >= 11 is 6.13. The van der Waals surface area contributed by atoms with Crippen LogP contribution in [-0.4, -0.2) is 12.8 Å². The van der Waals surface area contributed by atoms with Gasteiger partial charge in [0.2, 0.25) is 0 Å². The first kappa shape index (κ1) is 16.9. The number of rotatable bonds is 4. The fourth-order valence-corrected chi connectivity index (χ4v) is 3.35. The predicted octanol–water partition coefficient (Wildman–Crippen LogP) is 4.65. The summed E-state index contributed by atoms with van der Waals surface area (Å²) in [4.78, 5) is 12.3. The van der Waals surface area contributed by atoms with Gasteiger partial charge >= 0.3 is 5.97 Å². The van der Waals surface area contributed by atoms with Crippen molar-refractivity contribution in [1.29, 1.82) is 0 Å². The topological polar surface area (TPSA) is 44.8 Å². The lowest BCUT2D eigenvalue weighted by Gasteiger charge is -2.21. The largest absolute Gasteiger partial charge is 0.467 e. The van der Waals surface area contributed by atoms with Crippen LogP contribution >= 0.6 is 11.6 Å². The third-order valence-corrected chi connectivity index (χ3v) is 4.52. The number of carbonyl (C=O) groups is 1. The molecule has 26 heavy (non-hydrogen) atoms. The fourth-order valence-electron chi connectivity index (χ4n) is 3.09. The Balaban J connectivity index is 1.44. The van der Waals surface area contributed by atoms with E-state index in [2.05, 4.69) is 0 Å². The lowest BCUT2D eigenvalue weighted by atomic mass is 10.1. The Morgan fingerprint density at radius 2 is 1.92 bits per heavy atom. The smallest absolute Gasteiger partial charge is 0.310 e. The predicted molar refractivity (Wildman–Crippen MR) is 99.2 cm³/mol. The van der Waals surface area contributed by atoms with Crippen molar-refractivity contribution in [2.45, 2.75) is 19.6 Å². The number of carbonyl (C=O) groups excluding carboxylic acids is 1. The lowest BCUT2D eigenvalue weighted by molar-refractivity contribution is -0.144. The number of ether oxygens (including phenoxy) is 3. The monoisotopic (exact) mass is 368 g/mol. The van der Waals surface area contributed by atoms with Gasteiger partial charge in [-0.1, -0.05) is 54.1 Å². The van der Waals surface area contributed by atoms with Gasteiger partial charge in [-0.2, -0.15) is 0 Å². The van der Waals surface area contributed by atoms with Gasteiger partial charge in [-0.3, -0.25) is 4.79 Å². The van der Waals surface area contributed by atoms with Crippen molar-refractivity contribution < 1.29 is 19.0 Å².